The Morgan fingerprint density at radius 2 is 1.33 bits per heavy atom. The fraction of sp³-hybridized carbons (Fsp3) is 1.00. The molecule has 52 valence electrons. The molecule has 0 spiro atoms. The molecule has 0 saturated carbocycles. The second-order valence-corrected chi connectivity index (χ2v) is 1.75. The van der Waals surface area contributed by atoms with Gasteiger partial charge in [-0.2, -0.15) is 0 Å². The molecule has 0 aromatic rings. The Morgan fingerprint density at radius 3 is 1.33 bits per heavy atom. The van der Waals surface area contributed by atoms with Crippen molar-refractivity contribution in [2.75, 3.05) is 0 Å². The zero-order valence-corrected chi connectivity index (χ0v) is 9.64. The summed E-state index contributed by atoms with van der Waals surface area (Å²) in [4.78, 5) is 0. The van der Waals surface area contributed by atoms with Gasteiger partial charge >= 0.3 is 51.4 Å². The molecule has 0 saturated heterocycles. The summed E-state index contributed by atoms with van der Waals surface area (Å²) in [5.41, 5.74) is 0. The summed E-state index contributed by atoms with van der Waals surface area (Å²) in [6.45, 7) is 3.44. The molecule has 0 atom stereocenters. The average molecular weight is 180 g/mol. The van der Waals surface area contributed by atoms with E-state index >= 15 is 0 Å². The topological polar surface area (TPSA) is 74.6 Å². The summed E-state index contributed by atoms with van der Waals surface area (Å²) in [5, 5.41) is 8.06. The van der Waals surface area contributed by atoms with Gasteiger partial charge in [0.2, 0.25) is 0 Å². The van der Waals surface area contributed by atoms with Gasteiger partial charge in [0, 0.05) is 17.1 Å². The van der Waals surface area contributed by atoms with Gasteiger partial charge in [-0.1, -0.05) is 0 Å². The van der Waals surface area contributed by atoms with Crippen LogP contribution in [0.5, 0.6) is 0 Å². The first-order valence-electron chi connectivity index (χ1n) is 1.93. The van der Waals surface area contributed by atoms with Gasteiger partial charge in [-0.05, 0) is 13.8 Å². The van der Waals surface area contributed by atoms with Gasteiger partial charge in [0.15, 0.2) is 0 Å². The molecule has 4 nitrogen and oxygen atoms in total. The molecule has 0 bridgehead atoms. The maximum atomic E-state index is 8.56. The predicted molar refractivity (Wildman–Crippen MR) is 28.7 cm³/mol. The summed E-state index contributed by atoms with van der Waals surface area (Å²) in [6, 6.07) is 0. The predicted octanol–water partition coefficient (Wildman–Crippen LogP) is -2.84. The standard InChI is InChI=1S/C3H8O.K.HO3S/c1-3(2)4;;1-4(2)3/h3-4H,1-2H3;;(H,1,2,3)/q;+1;-1. The first-order valence-corrected chi connectivity index (χ1v) is 2.96. The molecule has 6 heteroatoms. The molecule has 2 N–H and O–H groups in total. The number of hydrogen-bond donors (Lipinski definition) is 2. The van der Waals surface area contributed by atoms with Crippen LogP contribution in [0.1, 0.15) is 13.8 Å². The molecule has 0 fully saturated rings. The molecular formula is C3H9KO4S. The van der Waals surface area contributed by atoms with Crippen LogP contribution in [0.3, 0.4) is 0 Å². The van der Waals surface area contributed by atoms with Crippen LogP contribution >= 0.6 is 0 Å². The molecule has 0 aliphatic heterocycles. The zero-order valence-electron chi connectivity index (χ0n) is 5.70. The average Bonchev–Trinajstić information content (AvgIpc) is 1.25. The molecule has 0 rings (SSSR count). The van der Waals surface area contributed by atoms with Gasteiger partial charge in [0.25, 0.3) is 0 Å². The van der Waals surface area contributed by atoms with Crippen LogP contribution in [0.15, 0.2) is 0 Å². The third kappa shape index (κ3) is 236. The second-order valence-electron chi connectivity index (χ2n) is 1.31. The summed E-state index contributed by atoms with van der Waals surface area (Å²) < 4.78 is 24.1. The van der Waals surface area contributed by atoms with E-state index in [1.807, 2.05) is 0 Å². The van der Waals surface area contributed by atoms with Crippen LogP contribution in [0, 0.1) is 0 Å². The van der Waals surface area contributed by atoms with Gasteiger partial charge in [0.05, 0.1) is 0 Å². The molecule has 0 radical (unpaired) electrons. The van der Waals surface area contributed by atoms with Crippen molar-refractivity contribution in [3.63, 3.8) is 0 Å². The van der Waals surface area contributed by atoms with Crippen LogP contribution in [0.4, 0.5) is 0 Å². The van der Waals surface area contributed by atoms with Crippen molar-refractivity contribution in [3.05, 3.63) is 0 Å². The second kappa shape index (κ2) is 12.2. The monoisotopic (exact) mass is 180 g/mol. The molecule has 9 heavy (non-hydrogen) atoms. The molecule has 0 aromatic heterocycles. The molecule has 0 heterocycles. The van der Waals surface area contributed by atoms with E-state index in [1.54, 1.807) is 13.8 Å². The van der Waals surface area contributed by atoms with Crippen molar-refractivity contribution < 1.29 is 69.5 Å². The summed E-state index contributed by atoms with van der Waals surface area (Å²) in [6.07, 6.45) is -0.167. The van der Waals surface area contributed by atoms with Crippen LogP contribution in [0.25, 0.3) is 0 Å². The minimum Gasteiger partial charge on any atom is -0.439 e. The summed E-state index contributed by atoms with van der Waals surface area (Å²) >= 11 is 0. The van der Waals surface area contributed by atoms with E-state index in [0.717, 1.165) is 0 Å². The maximum Gasteiger partial charge on any atom is 1.00 e. The Labute approximate surface area is 98.9 Å². The number of aliphatic hydroxyl groups excluding tert-OH is 1. The quantitative estimate of drug-likeness (QED) is 0.182. The van der Waals surface area contributed by atoms with E-state index in [-0.39, 0.29) is 57.5 Å². The molecule has 0 aliphatic rings. The van der Waals surface area contributed by atoms with Crippen molar-refractivity contribution in [1.82, 2.24) is 0 Å². The maximum absolute atomic E-state index is 8.56. The van der Waals surface area contributed by atoms with Gasteiger partial charge < -0.3 is 18.1 Å². The van der Waals surface area contributed by atoms with E-state index < -0.39 is 11.0 Å². The van der Waals surface area contributed by atoms with Crippen molar-refractivity contribution in [2.45, 2.75) is 20.0 Å². The van der Waals surface area contributed by atoms with E-state index in [9.17, 15) is 0 Å². The summed E-state index contributed by atoms with van der Waals surface area (Å²) in [5.74, 6) is 0. The van der Waals surface area contributed by atoms with E-state index in [1.165, 1.54) is 0 Å². The van der Waals surface area contributed by atoms with Gasteiger partial charge in [0.1, 0.15) is 0 Å². The Morgan fingerprint density at radius 1 is 1.33 bits per heavy atom. The number of hydrogen-bond acceptors (Lipinski definition) is 4. The minimum atomic E-state index is -2.86. The molecule has 0 amide bonds. The number of aliphatic hydroxyl groups is 1. The van der Waals surface area contributed by atoms with Crippen molar-refractivity contribution in [3.8, 4) is 0 Å². The first kappa shape index (κ1) is 16.9. The fourth-order valence-corrected chi connectivity index (χ4v) is 0. The van der Waals surface area contributed by atoms with Crippen LogP contribution < -0.4 is 51.4 Å². The Hall–Kier alpha value is 1.51. The Bertz CT molecular complexity index is 89.2. The SMILES string of the molecule is CC(C)O.O=[S-](=O)O.[K+]. The van der Waals surface area contributed by atoms with Crippen LogP contribution in [-0.4, -0.2) is 15.8 Å². The zero-order chi connectivity index (χ0) is 7.15. The van der Waals surface area contributed by atoms with Crippen molar-refractivity contribution >= 4 is 11.0 Å². The fourth-order valence-electron chi connectivity index (χ4n) is 0. The van der Waals surface area contributed by atoms with Crippen molar-refractivity contribution in [1.29, 1.82) is 0 Å². The van der Waals surface area contributed by atoms with Gasteiger partial charge in [-0.15, -0.1) is 0 Å². The van der Waals surface area contributed by atoms with E-state index in [2.05, 4.69) is 0 Å². The molecular weight excluding hydrogens is 171 g/mol. The smallest absolute Gasteiger partial charge is 0.439 e. The van der Waals surface area contributed by atoms with E-state index in [0.29, 0.717) is 0 Å². The summed E-state index contributed by atoms with van der Waals surface area (Å²) in [7, 11) is -2.86. The number of rotatable bonds is 0. The molecule has 0 aliphatic carbocycles. The van der Waals surface area contributed by atoms with Crippen LogP contribution in [-0.2, 0) is 19.4 Å². The van der Waals surface area contributed by atoms with Gasteiger partial charge in [-0.3, -0.25) is 0 Å². The van der Waals surface area contributed by atoms with Gasteiger partial charge in [-0.25, -0.2) is 0 Å². The normalized spacial score (nSPS) is 7.78. The minimum absolute atomic E-state index is 0. The third-order valence-electron chi connectivity index (χ3n) is 0. The largest absolute Gasteiger partial charge is 1.00 e. The Balaban J connectivity index is -0.0000000720. The molecule has 0 aromatic carbocycles. The first-order chi connectivity index (χ1) is 3.46. The third-order valence-corrected chi connectivity index (χ3v) is 0. The van der Waals surface area contributed by atoms with E-state index in [4.69, 9.17) is 18.1 Å². The molecule has 0 unspecified atom stereocenters. The Kier molecular flexibility index (Phi) is 22.9. The van der Waals surface area contributed by atoms with Crippen LogP contribution in [0.2, 0.25) is 0 Å². The van der Waals surface area contributed by atoms with Crippen molar-refractivity contribution in [2.24, 2.45) is 0 Å².